The molecule has 1 saturated heterocycles. The molecule has 0 bridgehead atoms. The third-order valence-electron chi connectivity index (χ3n) is 4.22. The maximum Gasteiger partial charge on any atom is 0.127 e. The number of fused-ring (bicyclic) bond motifs is 1. The molecule has 1 heterocycles. The van der Waals surface area contributed by atoms with Gasteiger partial charge in [0, 0.05) is 11.9 Å². The summed E-state index contributed by atoms with van der Waals surface area (Å²) in [6, 6.07) is 12.7. The van der Waals surface area contributed by atoms with Gasteiger partial charge in [-0.1, -0.05) is 36.8 Å². The van der Waals surface area contributed by atoms with E-state index in [0.29, 0.717) is 0 Å². The summed E-state index contributed by atoms with van der Waals surface area (Å²) in [5, 5.41) is 2.52. The maximum absolute atomic E-state index is 6.04. The van der Waals surface area contributed by atoms with Gasteiger partial charge in [-0.05, 0) is 49.9 Å². The zero-order chi connectivity index (χ0) is 13.8. The van der Waals surface area contributed by atoms with Crippen LogP contribution in [0.15, 0.2) is 36.4 Å². The number of hydrogen-bond donors (Lipinski definition) is 0. The molecule has 1 fully saturated rings. The van der Waals surface area contributed by atoms with E-state index in [1.54, 1.807) is 0 Å². The molecule has 2 nitrogen and oxygen atoms in total. The predicted molar refractivity (Wildman–Crippen MR) is 84.5 cm³/mol. The minimum absolute atomic E-state index is 0.785. The van der Waals surface area contributed by atoms with Crippen LogP contribution in [0.3, 0.4) is 0 Å². The van der Waals surface area contributed by atoms with E-state index in [9.17, 15) is 0 Å². The first-order chi connectivity index (χ1) is 9.84. The topological polar surface area (TPSA) is 12.5 Å². The Hall–Kier alpha value is -1.54. The predicted octanol–water partition coefficient (Wildman–Crippen LogP) is 4.01. The molecule has 106 valence electrons. The highest BCUT2D eigenvalue weighted by molar-refractivity contribution is 5.90. The normalized spacial score (nSPS) is 16.4. The smallest absolute Gasteiger partial charge is 0.127 e. The van der Waals surface area contributed by atoms with Crippen molar-refractivity contribution in [2.75, 3.05) is 26.2 Å². The Morgan fingerprint density at radius 2 is 1.70 bits per heavy atom. The fraction of sp³-hybridized carbons (Fsp3) is 0.444. The summed E-state index contributed by atoms with van der Waals surface area (Å²) < 4.78 is 6.04. The summed E-state index contributed by atoms with van der Waals surface area (Å²) in [5.41, 5.74) is 1.31. The van der Waals surface area contributed by atoms with Gasteiger partial charge >= 0.3 is 0 Å². The highest BCUT2D eigenvalue weighted by Crippen LogP contribution is 2.28. The molecule has 0 amide bonds. The van der Waals surface area contributed by atoms with Gasteiger partial charge in [0.2, 0.25) is 0 Å². The molecule has 0 radical (unpaired) electrons. The van der Waals surface area contributed by atoms with Gasteiger partial charge in [0.05, 0.1) is 0 Å². The van der Waals surface area contributed by atoms with Crippen molar-refractivity contribution in [1.82, 2.24) is 4.90 Å². The highest BCUT2D eigenvalue weighted by atomic mass is 16.5. The van der Waals surface area contributed by atoms with Crippen LogP contribution in [0, 0.1) is 6.92 Å². The van der Waals surface area contributed by atoms with Gasteiger partial charge in [-0.25, -0.2) is 0 Å². The summed E-state index contributed by atoms with van der Waals surface area (Å²) in [6.07, 6.45) is 4.07. The molecule has 1 aliphatic rings. The minimum Gasteiger partial charge on any atom is -0.492 e. The van der Waals surface area contributed by atoms with Crippen molar-refractivity contribution >= 4 is 10.8 Å². The molecular formula is C18H23NO. The van der Waals surface area contributed by atoms with Gasteiger partial charge in [0.25, 0.3) is 0 Å². The quantitative estimate of drug-likeness (QED) is 0.831. The van der Waals surface area contributed by atoms with E-state index in [1.165, 1.54) is 48.7 Å². The van der Waals surface area contributed by atoms with Crippen LogP contribution in [0.4, 0.5) is 0 Å². The summed E-state index contributed by atoms with van der Waals surface area (Å²) >= 11 is 0. The van der Waals surface area contributed by atoms with Crippen LogP contribution < -0.4 is 4.74 Å². The number of likely N-dealkylation sites (tertiary alicyclic amines) is 1. The number of hydrogen-bond acceptors (Lipinski definition) is 2. The monoisotopic (exact) mass is 269 g/mol. The van der Waals surface area contributed by atoms with Gasteiger partial charge in [-0.2, -0.15) is 0 Å². The Bertz CT molecular complexity index is 573. The molecule has 2 aromatic rings. The second-order valence-corrected chi connectivity index (χ2v) is 5.68. The summed E-state index contributed by atoms with van der Waals surface area (Å²) in [4.78, 5) is 2.51. The van der Waals surface area contributed by atoms with E-state index in [-0.39, 0.29) is 0 Å². The lowest BCUT2D eigenvalue weighted by Gasteiger charge is -2.26. The van der Waals surface area contributed by atoms with Gasteiger partial charge < -0.3 is 4.74 Å². The molecule has 0 aromatic heterocycles. The van der Waals surface area contributed by atoms with E-state index in [1.807, 2.05) is 0 Å². The van der Waals surface area contributed by atoms with Crippen LogP contribution in [0.1, 0.15) is 24.8 Å². The molecule has 0 N–H and O–H groups in total. The average Bonchev–Trinajstić information content (AvgIpc) is 2.51. The van der Waals surface area contributed by atoms with Crippen LogP contribution in [0.2, 0.25) is 0 Å². The van der Waals surface area contributed by atoms with Crippen LogP contribution in [-0.4, -0.2) is 31.1 Å². The van der Waals surface area contributed by atoms with Crippen molar-refractivity contribution < 1.29 is 4.74 Å². The van der Waals surface area contributed by atoms with E-state index >= 15 is 0 Å². The Balaban J connectivity index is 1.67. The molecule has 0 unspecified atom stereocenters. The first-order valence-electron chi connectivity index (χ1n) is 7.68. The van der Waals surface area contributed by atoms with Crippen molar-refractivity contribution in [3.8, 4) is 5.75 Å². The average molecular weight is 269 g/mol. The Morgan fingerprint density at radius 3 is 2.50 bits per heavy atom. The zero-order valence-electron chi connectivity index (χ0n) is 12.3. The van der Waals surface area contributed by atoms with E-state index in [4.69, 9.17) is 4.74 Å². The van der Waals surface area contributed by atoms with E-state index in [2.05, 4.69) is 48.2 Å². The largest absolute Gasteiger partial charge is 0.492 e. The van der Waals surface area contributed by atoms with Crippen LogP contribution in [-0.2, 0) is 0 Å². The lowest BCUT2D eigenvalue weighted by atomic mass is 10.1. The zero-order valence-corrected chi connectivity index (χ0v) is 12.3. The molecule has 0 atom stereocenters. The number of ether oxygens (including phenoxy) is 1. The molecule has 2 heteroatoms. The second kappa shape index (κ2) is 6.27. The Labute approximate surface area is 121 Å². The summed E-state index contributed by atoms with van der Waals surface area (Å²) in [6.45, 7) is 6.45. The Morgan fingerprint density at radius 1 is 0.950 bits per heavy atom. The van der Waals surface area contributed by atoms with Crippen LogP contribution >= 0.6 is 0 Å². The molecular weight excluding hydrogens is 246 g/mol. The summed E-state index contributed by atoms with van der Waals surface area (Å²) in [7, 11) is 0. The molecule has 0 spiro atoms. The number of benzene rings is 2. The number of rotatable bonds is 4. The van der Waals surface area contributed by atoms with Crippen molar-refractivity contribution in [2.45, 2.75) is 26.2 Å². The number of piperidine rings is 1. The fourth-order valence-electron chi connectivity index (χ4n) is 3.02. The standard InChI is InChI=1S/C18H23NO/c1-15-9-10-18(17-8-4-3-7-16(15)17)20-14-13-19-11-5-2-6-12-19/h3-4,7-10H,2,5-6,11-14H2,1H3. The van der Waals surface area contributed by atoms with Crippen molar-refractivity contribution in [1.29, 1.82) is 0 Å². The van der Waals surface area contributed by atoms with Crippen LogP contribution in [0.25, 0.3) is 10.8 Å². The van der Waals surface area contributed by atoms with E-state index < -0.39 is 0 Å². The fourth-order valence-corrected chi connectivity index (χ4v) is 3.02. The van der Waals surface area contributed by atoms with E-state index in [0.717, 1.165) is 18.9 Å². The molecule has 1 aliphatic heterocycles. The van der Waals surface area contributed by atoms with Gasteiger partial charge in [-0.3, -0.25) is 4.90 Å². The lowest BCUT2D eigenvalue weighted by molar-refractivity contribution is 0.184. The third kappa shape index (κ3) is 2.96. The van der Waals surface area contributed by atoms with Crippen molar-refractivity contribution in [3.05, 3.63) is 42.0 Å². The van der Waals surface area contributed by atoms with Gasteiger partial charge in [0.15, 0.2) is 0 Å². The van der Waals surface area contributed by atoms with Gasteiger partial charge in [-0.15, -0.1) is 0 Å². The van der Waals surface area contributed by atoms with Crippen LogP contribution in [0.5, 0.6) is 5.75 Å². The SMILES string of the molecule is Cc1ccc(OCCN2CCCCC2)c2ccccc12. The molecule has 20 heavy (non-hydrogen) atoms. The minimum atomic E-state index is 0.785. The highest BCUT2D eigenvalue weighted by Gasteiger charge is 2.10. The van der Waals surface area contributed by atoms with Gasteiger partial charge in [0.1, 0.15) is 12.4 Å². The van der Waals surface area contributed by atoms with Crippen molar-refractivity contribution in [3.63, 3.8) is 0 Å². The lowest BCUT2D eigenvalue weighted by Crippen LogP contribution is -2.33. The first-order valence-corrected chi connectivity index (χ1v) is 7.68. The molecule has 0 aliphatic carbocycles. The second-order valence-electron chi connectivity index (χ2n) is 5.68. The molecule has 0 saturated carbocycles. The number of nitrogens with zero attached hydrogens (tertiary/aromatic N) is 1. The first kappa shape index (κ1) is 13.4. The Kier molecular flexibility index (Phi) is 4.22. The maximum atomic E-state index is 6.04. The molecule has 2 aromatic carbocycles. The van der Waals surface area contributed by atoms with Crippen molar-refractivity contribution in [2.24, 2.45) is 0 Å². The third-order valence-corrected chi connectivity index (χ3v) is 4.22. The summed E-state index contributed by atoms with van der Waals surface area (Å²) in [5.74, 6) is 1.02. The number of aryl methyl sites for hydroxylation is 1. The molecule has 3 rings (SSSR count).